The van der Waals surface area contributed by atoms with Crippen LogP contribution >= 0.6 is 0 Å². The van der Waals surface area contributed by atoms with E-state index in [-0.39, 0.29) is 17.9 Å². The minimum Gasteiger partial charge on any atom is -0.394 e. The number of piperidine rings is 3. The number of anilines is 3. The summed E-state index contributed by atoms with van der Waals surface area (Å²) in [5, 5.41) is 23.9. The number of fused-ring (bicyclic) bond motifs is 4. The lowest BCUT2D eigenvalue weighted by atomic mass is 9.71. The van der Waals surface area contributed by atoms with Gasteiger partial charge in [0.25, 0.3) is 11.8 Å². The average Bonchev–Trinajstić information content (AvgIpc) is 3.65. The number of aliphatic hydroxyl groups excluding tert-OH is 1. The van der Waals surface area contributed by atoms with Crippen LogP contribution in [0, 0.1) is 0 Å². The molecule has 3 aromatic heterocycles. The maximum atomic E-state index is 11.9. The summed E-state index contributed by atoms with van der Waals surface area (Å²) in [6.07, 6.45) is 4.69. The predicted molar refractivity (Wildman–Crippen MR) is 146 cm³/mol. The van der Waals surface area contributed by atoms with Crippen molar-refractivity contribution >= 4 is 23.5 Å². The number of carbonyl (C=O) groups is 1. The fraction of sp³-hybridized carbons (Fsp3) is 0.357. The van der Waals surface area contributed by atoms with Crippen molar-refractivity contribution < 1.29 is 14.4 Å². The second-order valence-corrected chi connectivity index (χ2v) is 10.5. The van der Waals surface area contributed by atoms with Crippen LogP contribution in [-0.4, -0.2) is 67.2 Å². The molecule has 0 radical (unpaired) electrons. The van der Waals surface area contributed by atoms with Gasteiger partial charge < -0.3 is 30.5 Å². The second-order valence-electron chi connectivity index (χ2n) is 10.5. The number of nitrogens with one attached hydrogen (secondary N) is 3. The number of hydrogen-bond donors (Lipinski definition) is 4. The van der Waals surface area contributed by atoms with Gasteiger partial charge in [-0.25, -0.2) is 9.97 Å². The number of hydrogen-bond acceptors (Lipinski definition) is 11. The molecule has 8 rings (SSSR count). The molecule has 1 atom stereocenters. The Morgan fingerprint density at radius 1 is 1.02 bits per heavy atom. The zero-order valence-corrected chi connectivity index (χ0v) is 21.8. The van der Waals surface area contributed by atoms with Crippen molar-refractivity contribution in [2.24, 2.45) is 0 Å². The lowest BCUT2D eigenvalue weighted by Crippen LogP contribution is -2.51. The number of benzene rings is 1. The first kappa shape index (κ1) is 24.6. The zero-order chi connectivity index (χ0) is 27.1. The number of aromatic nitrogens is 5. The number of rotatable bonds is 8. The van der Waals surface area contributed by atoms with Crippen molar-refractivity contribution in [1.29, 1.82) is 0 Å². The van der Waals surface area contributed by atoms with Crippen LogP contribution in [0.2, 0.25) is 0 Å². The molecule has 4 aliphatic rings. The van der Waals surface area contributed by atoms with Crippen LogP contribution in [-0.2, 0) is 12.0 Å². The Morgan fingerprint density at radius 3 is 2.60 bits per heavy atom. The maximum Gasteiger partial charge on any atom is 0.263 e. The van der Waals surface area contributed by atoms with E-state index in [2.05, 4.69) is 36.0 Å². The highest BCUT2D eigenvalue weighted by atomic mass is 16.5. The smallest absolute Gasteiger partial charge is 0.263 e. The van der Waals surface area contributed by atoms with Crippen LogP contribution < -0.4 is 16.0 Å². The second kappa shape index (κ2) is 9.96. The molecule has 0 saturated carbocycles. The van der Waals surface area contributed by atoms with Crippen molar-refractivity contribution in [3.05, 3.63) is 71.3 Å². The van der Waals surface area contributed by atoms with E-state index in [1.807, 2.05) is 30.3 Å². The molecule has 12 nitrogen and oxygen atoms in total. The summed E-state index contributed by atoms with van der Waals surface area (Å²) in [6, 6.07) is 12.7. The Labute approximate surface area is 230 Å². The summed E-state index contributed by atoms with van der Waals surface area (Å²) in [5.41, 5.74) is 2.62. The van der Waals surface area contributed by atoms with Crippen LogP contribution in [0.15, 0.2) is 53.2 Å². The van der Waals surface area contributed by atoms with Gasteiger partial charge in [0.15, 0.2) is 5.82 Å². The normalized spacial score (nSPS) is 22.0. The third-order valence-electron chi connectivity index (χ3n) is 8.21. The van der Waals surface area contributed by atoms with E-state index >= 15 is 0 Å². The molecule has 204 valence electrons. The van der Waals surface area contributed by atoms with Crippen molar-refractivity contribution in [2.45, 2.75) is 37.3 Å². The summed E-state index contributed by atoms with van der Waals surface area (Å²) in [4.78, 5) is 33.0. The van der Waals surface area contributed by atoms with E-state index in [1.54, 1.807) is 18.3 Å². The van der Waals surface area contributed by atoms with Gasteiger partial charge in [-0.3, -0.25) is 4.79 Å². The lowest BCUT2D eigenvalue weighted by Gasteiger charge is -2.46. The van der Waals surface area contributed by atoms with Crippen LogP contribution in [0.1, 0.15) is 52.7 Å². The fourth-order valence-corrected chi connectivity index (χ4v) is 5.79. The molecular formula is C28H29N9O3. The van der Waals surface area contributed by atoms with Gasteiger partial charge >= 0.3 is 0 Å². The van der Waals surface area contributed by atoms with Crippen LogP contribution in [0.4, 0.5) is 17.6 Å². The molecule has 1 aromatic carbocycles. The molecule has 12 heteroatoms. The van der Waals surface area contributed by atoms with Gasteiger partial charge in [-0.1, -0.05) is 35.5 Å². The molecular weight excluding hydrogens is 510 g/mol. The molecule has 4 N–H and O–H groups in total. The van der Waals surface area contributed by atoms with E-state index in [1.165, 1.54) is 0 Å². The highest BCUT2D eigenvalue weighted by molar-refractivity contribution is 5.97. The molecule has 4 aromatic rings. The van der Waals surface area contributed by atoms with E-state index in [4.69, 9.17) is 14.5 Å². The summed E-state index contributed by atoms with van der Waals surface area (Å²) in [6.45, 7) is 3.38. The fourth-order valence-electron chi connectivity index (χ4n) is 5.79. The Hall–Kier alpha value is -4.42. The molecule has 4 aliphatic heterocycles. The first-order chi connectivity index (χ1) is 19.6. The van der Waals surface area contributed by atoms with Crippen LogP contribution in [0.3, 0.4) is 0 Å². The Kier molecular flexibility index (Phi) is 6.13. The molecule has 2 bridgehead atoms. The third-order valence-corrected chi connectivity index (χ3v) is 8.21. The van der Waals surface area contributed by atoms with Crippen molar-refractivity contribution in [3.8, 4) is 11.5 Å². The molecule has 0 spiro atoms. The predicted octanol–water partition coefficient (Wildman–Crippen LogP) is 2.79. The first-order valence-corrected chi connectivity index (χ1v) is 13.5. The van der Waals surface area contributed by atoms with E-state index in [0.717, 1.165) is 50.3 Å². The molecule has 3 saturated heterocycles. The van der Waals surface area contributed by atoms with Crippen molar-refractivity contribution in [1.82, 2.24) is 35.3 Å². The van der Waals surface area contributed by atoms with Gasteiger partial charge in [0.1, 0.15) is 17.2 Å². The molecule has 1 amide bonds. The highest BCUT2D eigenvalue weighted by Gasteiger charge is 2.44. The van der Waals surface area contributed by atoms with Gasteiger partial charge in [0.05, 0.1) is 30.5 Å². The summed E-state index contributed by atoms with van der Waals surface area (Å²) in [7, 11) is 0. The molecule has 3 fully saturated rings. The Bertz CT molecular complexity index is 1540. The number of amides is 1. The Balaban J connectivity index is 1.22. The summed E-state index contributed by atoms with van der Waals surface area (Å²) >= 11 is 0. The van der Waals surface area contributed by atoms with Gasteiger partial charge in [0.2, 0.25) is 5.95 Å². The number of carbonyl (C=O) groups excluding carboxylic acids is 1. The van der Waals surface area contributed by atoms with Gasteiger partial charge in [-0.2, -0.15) is 9.97 Å². The minimum absolute atomic E-state index is 0.0560. The van der Waals surface area contributed by atoms with E-state index in [9.17, 15) is 9.90 Å². The van der Waals surface area contributed by atoms with Gasteiger partial charge in [0, 0.05) is 11.6 Å². The molecule has 0 aliphatic carbocycles. The molecule has 40 heavy (non-hydrogen) atoms. The maximum absolute atomic E-state index is 11.9. The van der Waals surface area contributed by atoms with Gasteiger partial charge in [-0.05, 0) is 56.6 Å². The van der Waals surface area contributed by atoms with Gasteiger partial charge in [-0.15, -0.1) is 0 Å². The summed E-state index contributed by atoms with van der Waals surface area (Å²) in [5.74, 6) is 2.18. The van der Waals surface area contributed by atoms with Crippen LogP contribution in [0.25, 0.3) is 11.5 Å². The van der Waals surface area contributed by atoms with E-state index in [0.29, 0.717) is 46.8 Å². The summed E-state index contributed by atoms with van der Waals surface area (Å²) < 4.78 is 5.80. The zero-order valence-electron chi connectivity index (χ0n) is 21.8. The minimum atomic E-state index is -0.429. The standard InChI is InChI=1S/C28H29N9O3/c38-16-21(17-4-2-1-3-5-17)32-23-19(25-35-26(36-40-25)28-8-11-37(12-9-28)13-10-28)14-30-27(34-23)33-22-7-6-18-20(31-22)15-29-24(18)39/h1-7,14,21,38H,8-13,15-16H2,(H,29,39)(H2,30,31,32,33,34)/t21-/m1/s1. The third kappa shape index (κ3) is 4.44. The SMILES string of the molecule is O=C1NCc2nc(Nc3ncc(-c4nc(C56CCN(CC5)CC6)no4)c(N[C@H](CO)c4ccccc4)n3)ccc21. The average molecular weight is 540 g/mol. The molecule has 0 unspecified atom stereocenters. The lowest BCUT2D eigenvalue weighted by molar-refractivity contribution is 0.0747. The monoisotopic (exact) mass is 539 g/mol. The topological polar surface area (TPSA) is 154 Å². The van der Waals surface area contributed by atoms with Crippen molar-refractivity contribution in [2.75, 3.05) is 36.9 Å². The largest absolute Gasteiger partial charge is 0.394 e. The van der Waals surface area contributed by atoms with E-state index < -0.39 is 6.04 Å². The number of aliphatic hydroxyl groups is 1. The van der Waals surface area contributed by atoms with Crippen molar-refractivity contribution in [3.63, 3.8) is 0 Å². The first-order valence-electron chi connectivity index (χ1n) is 13.5. The molecule has 7 heterocycles. The highest BCUT2D eigenvalue weighted by Crippen LogP contribution is 2.42. The Morgan fingerprint density at radius 2 is 1.82 bits per heavy atom. The van der Waals surface area contributed by atoms with Crippen LogP contribution in [0.5, 0.6) is 0 Å². The quantitative estimate of drug-likeness (QED) is 0.261. The number of nitrogens with zero attached hydrogens (tertiary/aromatic N) is 6. The number of pyridine rings is 1.